The van der Waals surface area contributed by atoms with Crippen LogP contribution in [0, 0.1) is 49.7 Å². The summed E-state index contributed by atoms with van der Waals surface area (Å²) in [5, 5.41) is 19.5. The Bertz CT molecular complexity index is 1370. The Morgan fingerprint density at radius 2 is 0.857 bits per heavy atom. The Kier molecular flexibility index (Phi) is 18.1. The number of aliphatic hydroxyl groups is 2. The summed E-state index contributed by atoms with van der Waals surface area (Å²) in [5.41, 5.74) is 4.98. The van der Waals surface area contributed by atoms with Gasteiger partial charge in [0, 0.05) is 16.8 Å². The lowest BCUT2D eigenvalue weighted by Gasteiger charge is -2.54. The molecule has 0 saturated carbocycles. The van der Waals surface area contributed by atoms with Crippen LogP contribution in [0.15, 0.2) is 18.2 Å². The molecule has 1 aromatic carbocycles. The third kappa shape index (κ3) is 12.9. The third-order valence-electron chi connectivity index (χ3n) is 16.2. The molecule has 0 spiro atoms. The molecule has 0 radical (unpaired) electrons. The van der Waals surface area contributed by atoms with Gasteiger partial charge in [-0.15, -0.1) is 0 Å². The third-order valence-corrected chi connectivity index (χ3v) is 19.5. The molecule has 1 rings (SSSR count). The highest BCUT2D eigenvalue weighted by molar-refractivity contribution is 8.00. The quantitative estimate of drug-likeness (QED) is 0.108. The molecule has 0 heterocycles. The van der Waals surface area contributed by atoms with Crippen LogP contribution in [0.4, 0.5) is 0 Å². The van der Waals surface area contributed by atoms with Crippen molar-refractivity contribution < 1.29 is 10.2 Å². The van der Waals surface area contributed by atoms with Crippen molar-refractivity contribution in [2.24, 2.45) is 49.7 Å². The van der Waals surface area contributed by atoms with Gasteiger partial charge >= 0.3 is 0 Å². The molecule has 0 aliphatic rings. The van der Waals surface area contributed by atoms with Crippen molar-refractivity contribution in [3.63, 3.8) is 0 Å². The molecule has 2 unspecified atom stereocenters. The monoisotopic (exact) mass is 819 g/mol. The molecule has 1 aromatic rings. The minimum atomic E-state index is -0.0744. The van der Waals surface area contributed by atoms with Crippen LogP contribution in [0.5, 0.6) is 0 Å². The van der Waals surface area contributed by atoms with Gasteiger partial charge in [-0.2, -0.15) is 23.5 Å². The Labute approximate surface area is 360 Å². The summed E-state index contributed by atoms with van der Waals surface area (Å²) in [6.07, 6.45) is 4.59. The summed E-state index contributed by atoms with van der Waals surface area (Å²) in [4.78, 5) is 0. The van der Waals surface area contributed by atoms with Crippen molar-refractivity contribution >= 4 is 23.5 Å². The molecular weight excluding hydrogens is 721 g/mol. The second-order valence-corrected chi connectivity index (χ2v) is 27.9. The minimum Gasteiger partial charge on any atom is -0.396 e. The first-order valence-electron chi connectivity index (χ1n) is 22.4. The highest BCUT2D eigenvalue weighted by Crippen LogP contribution is 2.59. The highest BCUT2D eigenvalue weighted by atomic mass is 32.2. The topological polar surface area (TPSA) is 40.5 Å². The van der Waals surface area contributed by atoms with Gasteiger partial charge in [0.2, 0.25) is 0 Å². The zero-order valence-corrected chi connectivity index (χ0v) is 43.7. The summed E-state index contributed by atoms with van der Waals surface area (Å²) in [5.74, 6) is 3.92. The smallest absolute Gasteiger partial charge is 0.0521 e. The predicted molar refractivity (Wildman–Crippen MR) is 258 cm³/mol. The molecule has 56 heavy (non-hydrogen) atoms. The zero-order valence-electron chi connectivity index (χ0n) is 42.0. The van der Waals surface area contributed by atoms with Crippen LogP contribution < -0.4 is 0 Å². The molecule has 0 amide bonds. The first kappa shape index (κ1) is 53.9. The summed E-state index contributed by atoms with van der Waals surface area (Å²) >= 11 is 3.85. The van der Waals surface area contributed by atoms with Crippen molar-refractivity contribution in [3.05, 3.63) is 34.9 Å². The van der Waals surface area contributed by atoms with Gasteiger partial charge < -0.3 is 10.2 Å². The van der Waals surface area contributed by atoms with Gasteiger partial charge in [-0.05, 0) is 114 Å². The molecule has 0 aromatic heterocycles. The number of benzene rings is 1. The van der Waals surface area contributed by atoms with Crippen LogP contribution in [-0.2, 0) is 16.2 Å². The standard InChI is InChI=1S/C52H98O2S2/c1-37(2)42(56-28-26-54)44(7,8)34-46(11,12)48(15,16)36-50(19,20)52(23,24)41-30-39(43(4,5)6)29-40(31-41)51(21,22)49(17,18)35-47(13,14)45(9,10)32-38(3)33-55-27-25-53/h29-31,37-38,42,53-54H,25-28,32-36H2,1-24H3. The van der Waals surface area contributed by atoms with Gasteiger partial charge in [0.25, 0.3) is 0 Å². The maximum absolute atomic E-state index is 9.69. The van der Waals surface area contributed by atoms with Crippen molar-refractivity contribution in [2.45, 2.75) is 213 Å². The van der Waals surface area contributed by atoms with Crippen molar-refractivity contribution in [1.82, 2.24) is 0 Å². The van der Waals surface area contributed by atoms with Gasteiger partial charge in [-0.3, -0.25) is 0 Å². The average Bonchev–Trinajstić information content (AvgIpc) is 2.98. The van der Waals surface area contributed by atoms with E-state index in [4.69, 9.17) is 0 Å². The lowest BCUT2D eigenvalue weighted by molar-refractivity contribution is -0.00733. The van der Waals surface area contributed by atoms with Gasteiger partial charge in [0.15, 0.2) is 0 Å². The van der Waals surface area contributed by atoms with E-state index in [0.717, 1.165) is 36.5 Å². The molecule has 0 fully saturated rings. The van der Waals surface area contributed by atoms with E-state index in [2.05, 4.69) is 184 Å². The number of aliphatic hydroxyl groups excluding tert-OH is 2. The van der Waals surface area contributed by atoms with E-state index < -0.39 is 0 Å². The van der Waals surface area contributed by atoms with E-state index in [0.29, 0.717) is 17.1 Å². The molecule has 0 aliphatic heterocycles. The van der Waals surface area contributed by atoms with Crippen LogP contribution in [-0.4, -0.2) is 45.9 Å². The van der Waals surface area contributed by atoms with E-state index in [9.17, 15) is 10.2 Å². The van der Waals surface area contributed by atoms with Crippen molar-refractivity contribution in [1.29, 1.82) is 0 Å². The average molecular weight is 819 g/mol. The first-order chi connectivity index (χ1) is 24.8. The van der Waals surface area contributed by atoms with Crippen molar-refractivity contribution in [2.75, 3.05) is 30.5 Å². The summed E-state index contributed by atoms with van der Waals surface area (Å²) in [7, 11) is 0. The molecular formula is C52H98O2S2. The lowest BCUT2D eigenvalue weighted by Crippen LogP contribution is -2.47. The number of thioether (sulfide) groups is 2. The minimum absolute atomic E-state index is 0.0204. The predicted octanol–water partition coefficient (Wildman–Crippen LogP) is 15.4. The van der Waals surface area contributed by atoms with Crippen LogP contribution in [0.1, 0.15) is 209 Å². The second-order valence-electron chi connectivity index (χ2n) is 25.5. The lowest BCUT2D eigenvalue weighted by atomic mass is 9.51. The fraction of sp³-hybridized carbons (Fsp3) is 0.885. The maximum atomic E-state index is 9.69. The number of rotatable bonds is 23. The molecule has 2 N–H and O–H groups in total. The number of hydrogen-bond donors (Lipinski definition) is 2. The molecule has 2 nitrogen and oxygen atoms in total. The SMILES string of the molecule is CC(CSCCO)CC(C)(C)C(C)(C)CC(C)(C)C(C)(C)c1cc(C(C)(C)C)cc(C(C)(C)C(C)(C)CC(C)(C)C(C)(C)CC(C)(C)C(SCCO)C(C)C)c1. The van der Waals surface area contributed by atoms with E-state index in [1.165, 1.54) is 23.1 Å². The zero-order chi connectivity index (χ0) is 44.4. The molecule has 2 atom stereocenters. The highest BCUT2D eigenvalue weighted by Gasteiger charge is 2.51. The van der Waals surface area contributed by atoms with Gasteiger partial charge in [-0.1, -0.05) is 184 Å². The van der Waals surface area contributed by atoms with Crippen LogP contribution in [0.3, 0.4) is 0 Å². The van der Waals surface area contributed by atoms with Gasteiger partial charge in [0.1, 0.15) is 0 Å². The van der Waals surface area contributed by atoms with E-state index in [1.807, 2.05) is 23.5 Å². The van der Waals surface area contributed by atoms with Crippen LogP contribution in [0.25, 0.3) is 0 Å². The van der Waals surface area contributed by atoms with E-state index in [1.54, 1.807) is 0 Å². The summed E-state index contributed by atoms with van der Waals surface area (Å²) in [6, 6.07) is 7.73. The molecule has 330 valence electrons. The fourth-order valence-electron chi connectivity index (χ4n) is 10.2. The Hall–Kier alpha value is -0.160. The maximum Gasteiger partial charge on any atom is 0.0521 e. The fourth-order valence-corrected chi connectivity index (χ4v) is 12.3. The first-order valence-corrected chi connectivity index (χ1v) is 24.6. The number of hydrogen-bond acceptors (Lipinski definition) is 4. The van der Waals surface area contributed by atoms with Crippen LogP contribution in [0.2, 0.25) is 0 Å². The largest absolute Gasteiger partial charge is 0.396 e. The van der Waals surface area contributed by atoms with Crippen molar-refractivity contribution in [3.8, 4) is 0 Å². The van der Waals surface area contributed by atoms with E-state index in [-0.39, 0.29) is 67.4 Å². The van der Waals surface area contributed by atoms with E-state index >= 15 is 0 Å². The Morgan fingerprint density at radius 1 is 0.482 bits per heavy atom. The van der Waals surface area contributed by atoms with Gasteiger partial charge in [-0.25, -0.2) is 0 Å². The molecule has 4 heteroatoms. The normalized spacial score (nSPS) is 16.1. The summed E-state index contributed by atoms with van der Waals surface area (Å²) in [6.45, 7) is 60.1. The van der Waals surface area contributed by atoms with Gasteiger partial charge in [0.05, 0.1) is 13.2 Å². The molecule has 0 bridgehead atoms. The van der Waals surface area contributed by atoms with Crippen LogP contribution >= 0.6 is 23.5 Å². The summed E-state index contributed by atoms with van der Waals surface area (Å²) < 4.78 is 0. The second kappa shape index (κ2) is 18.8. The Balaban J connectivity index is 3.70. The molecule has 0 saturated heterocycles. The molecule has 0 aliphatic carbocycles. The Morgan fingerprint density at radius 3 is 1.23 bits per heavy atom.